The van der Waals surface area contributed by atoms with E-state index < -0.39 is 0 Å². The van der Waals surface area contributed by atoms with Crippen molar-refractivity contribution < 1.29 is 13.3 Å². The molecule has 0 fully saturated rings. The van der Waals surface area contributed by atoms with Crippen LogP contribution in [0.4, 0.5) is 34.5 Å². The van der Waals surface area contributed by atoms with Gasteiger partial charge in [0.15, 0.2) is 0 Å². The summed E-state index contributed by atoms with van der Waals surface area (Å²) in [6.07, 6.45) is 3.68. The molecule has 8 heteroatoms. The van der Waals surface area contributed by atoms with Crippen molar-refractivity contribution in [3.8, 4) is 0 Å². The van der Waals surface area contributed by atoms with Crippen molar-refractivity contribution in [3.05, 3.63) is 188 Å². The van der Waals surface area contributed by atoms with Crippen molar-refractivity contribution in [1.82, 2.24) is 15.0 Å². The predicted molar refractivity (Wildman–Crippen MR) is 246 cm³/mol. The molecule has 0 bridgehead atoms. The molecular weight excluding hydrogens is 755 g/mol. The maximum atomic E-state index is 6.66. The first-order chi connectivity index (χ1) is 30.2. The summed E-state index contributed by atoms with van der Waals surface area (Å²) in [5.74, 6) is 1.14. The summed E-state index contributed by atoms with van der Waals surface area (Å²) in [5, 5.41) is 10.4. The third-order valence-electron chi connectivity index (χ3n) is 11.7. The molecule has 8 aromatic carbocycles. The Morgan fingerprint density at radius 2 is 0.803 bits per heavy atom. The summed E-state index contributed by atoms with van der Waals surface area (Å²) >= 11 is 0. The second kappa shape index (κ2) is 13.0. The van der Waals surface area contributed by atoms with Gasteiger partial charge in [-0.1, -0.05) is 97.1 Å². The number of fused-ring (bicyclic) bond motifs is 11. The molecule has 13 aromatic rings. The summed E-state index contributed by atoms with van der Waals surface area (Å²) < 4.78 is 19.4. The monoisotopic (exact) mass is 785 g/mol. The molecule has 5 heterocycles. The van der Waals surface area contributed by atoms with E-state index in [0.717, 1.165) is 98.9 Å². The lowest BCUT2D eigenvalue weighted by atomic mass is 10.1. The largest absolute Gasteiger partial charge is 0.456 e. The highest BCUT2D eigenvalue weighted by molar-refractivity contribution is 6.08. The lowest BCUT2D eigenvalue weighted by Gasteiger charge is -2.24. The average Bonchev–Trinajstić information content (AvgIpc) is 3.99. The zero-order chi connectivity index (χ0) is 40.0. The van der Waals surface area contributed by atoms with E-state index in [1.807, 2.05) is 59.8 Å². The van der Waals surface area contributed by atoms with Gasteiger partial charge >= 0.3 is 0 Å². The number of para-hydroxylation sites is 2. The molecule has 0 saturated carbocycles. The number of furan rings is 3. The minimum Gasteiger partial charge on any atom is -0.456 e. The molecule has 0 amide bonds. The SMILES string of the molecule is c1ccc2cc(N(c3ccc4c(c3)oc3ccccc34)c3cc4oc5nc(N(c6ccc7ccccc7c6)c6ccc7c(c6)oc6ccccc67)ncc5c4cn3)ccc2c1. The molecule has 0 saturated heterocycles. The quantitative estimate of drug-likeness (QED) is 0.165. The number of rotatable bonds is 6. The molecule has 61 heavy (non-hydrogen) atoms. The Kier molecular flexibility index (Phi) is 7.14. The molecule has 0 N–H and O–H groups in total. The van der Waals surface area contributed by atoms with E-state index in [1.165, 1.54) is 0 Å². The Morgan fingerprint density at radius 3 is 1.44 bits per heavy atom. The second-order valence-corrected chi connectivity index (χ2v) is 15.3. The maximum absolute atomic E-state index is 6.66. The molecule has 0 atom stereocenters. The number of nitrogens with zero attached hydrogens (tertiary/aromatic N) is 5. The van der Waals surface area contributed by atoms with Gasteiger partial charge < -0.3 is 13.3 Å². The number of aromatic nitrogens is 3. The van der Waals surface area contributed by atoms with Crippen LogP contribution >= 0.6 is 0 Å². The fourth-order valence-electron chi connectivity index (χ4n) is 8.80. The van der Waals surface area contributed by atoms with Crippen LogP contribution in [0.2, 0.25) is 0 Å². The van der Waals surface area contributed by atoms with E-state index in [4.69, 9.17) is 28.2 Å². The van der Waals surface area contributed by atoms with Crippen molar-refractivity contribution >= 4 is 122 Å². The molecule has 5 aromatic heterocycles. The second-order valence-electron chi connectivity index (χ2n) is 15.3. The van der Waals surface area contributed by atoms with Gasteiger partial charge in [-0.15, -0.1) is 0 Å². The Labute approximate surface area is 347 Å². The van der Waals surface area contributed by atoms with Crippen molar-refractivity contribution in [2.24, 2.45) is 0 Å². The minimum atomic E-state index is 0.454. The first kappa shape index (κ1) is 33.5. The molecule has 13 rings (SSSR count). The first-order valence-corrected chi connectivity index (χ1v) is 20.1. The van der Waals surface area contributed by atoms with Gasteiger partial charge in [-0.05, 0) is 82.2 Å². The Balaban J connectivity index is 0.961. The third-order valence-corrected chi connectivity index (χ3v) is 11.7. The van der Waals surface area contributed by atoms with Crippen molar-refractivity contribution in [2.75, 3.05) is 9.80 Å². The lowest BCUT2D eigenvalue weighted by Crippen LogP contribution is -2.13. The fourth-order valence-corrected chi connectivity index (χ4v) is 8.80. The summed E-state index contributed by atoms with van der Waals surface area (Å²) in [7, 11) is 0. The Bertz CT molecular complexity index is 3630. The Morgan fingerprint density at radius 1 is 0.328 bits per heavy atom. The molecule has 0 radical (unpaired) electrons. The van der Waals surface area contributed by atoms with Gasteiger partial charge in [-0.3, -0.25) is 9.80 Å². The topological polar surface area (TPSA) is 84.6 Å². The van der Waals surface area contributed by atoms with Gasteiger partial charge in [0.05, 0.1) is 22.1 Å². The normalized spacial score (nSPS) is 11.9. The zero-order valence-electron chi connectivity index (χ0n) is 32.4. The van der Waals surface area contributed by atoms with Gasteiger partial charge in [0.2, 0.25) is 11.7 Å². The van der Waals surface area contributed by atoms with Crippen LogP contribution in [0.25, 0.3) is 87.5 Å². The molecule has 0 aliphatic rings. The van der Waals surface area contributed by atoms with Gasteiger partial charge in [-0.2, -0.15) is 4.98 Å². The van der Waals surface area contributed by atoms with Crippen molar-refractivity contribution in [1.29, 1.82) is 0 Å². The first-order valence-electron chi connectivity index (χ1n) is 20.1. The maximum Gasteiger partial charge on any atom is 0.237 e. The smallest absolute Gasteiger partial charge is 0.237 e. The third kappa shape index (κ3) is 5.36. The van der Waals surface area contributed by atoms with E-state index in [1.54, 1.807) is 0 Å². The van der Waals surface area contributed by atoms with Gasteiger partial charge in [0, 0.05) is 63.5 Å². The van der Waals surface area contributed by atoms with E-state index in [9.17, 15) is 0 Å². The molecular formula is C53H31N5O3. The molecule has 0 aliphatic carbocycles. The number of anilines is 6. The van der Waals surface area contributed by atoms with Crippen molar-refractivity contribution in [3.63, 3.8) is 0 Å². The van der Waals surface area contributed by atoms with Crippen LogP contribution in [0.1, 0.15) is 0 Å². The summed E-state index contributed by atoms with van der Waals surface area (Å²) in [6, 6.07) is 60.3. The standard InChI is InChI=1S/C53H31N5O3/c1-3-11-34-25-36(19-17-32(34)9-1)57(38-21-23-42-40-13-5-7-15-46(40)59-48(42)27-38)51-29-50-44(30-54-51)45-31-55-53(56-52(45)61-50)58(37-20-18-33-10-2-4-12-35(33)26-37)39-22-24-43-41-14-6-8-16-47(41)60-49(43)28-39/h1-31H. The Hall–Kier alpha value is -8.49. The van der Waals surface area contributed by atoms with Crippen molar-refractivity contribution in [2.45, 2.75) is 0 Å². The van der Waals surface area contributed by atoms with E-state index in [0.29, 0.717) is 23.1 Å². The molecule has 8 nitrogen and oxygen atoms in total. The lowest BCUT2D eigenvalue weighted by molar-refractivity contribution is 0.652. The summed E-state index contributed by atoms with van der Waals surface area (Å²) in [4.78, 5) is 19.4. The highest BCUT2D eigenvalue weighted by Crippen LogP contribution is 2.42. The molecule has 0 aliphatic heterocycles. The van der Waals surface area contributed by atoms with Crippen LogP contribution in [-0.4, -0.2) is 15.0 Å². The van der Waals surface area contributed by atoms with Crippen LogP contribution < -0.4 is 9.80 Å². The highest BCUT2D eigenvalue weighted by Gasteiger charge is 2.23. The van der Waals surface area contributed by atoms with E-state index in [2.05, 4.69) is 138 Å². The molecule has 0 unspecified atom stereocenters. The number of hydrogen-bond donors (Lipinski definition) is 0. The van der Waals surface area contributed by atoms with Gasteiger partial charge in [0.25, 0.3) is 0 Å². The van der Waals surface area contributed by atoms with E-state index >= 15 is 0 Å². The summed E-state index contributed by atoms with van der Waals surface area (Å²) in [5.41, 5.74) is 7.98. The predicted octanol–water partition coefficient (Wildman–Crippen LogP) is 14.8. The minimum absolute atomic E-state index is 0.454. The van der Waals surface area contributed by atoms with Gasteiger partial charge in [0.1, 0.15) is 33.7 Å². The van der Waals surface area contributed by atoms with Crippen LogP contribution in [0.3, 0.4) is 0 Å². The zero-order valence-corrected chi connectivity index (χ0v) is 32.4. The molecule has 286 valence electrons. The summed E-state index contributed by atoms with van der Waals surface area (Å²) in [6.45, 7) is 0. The number of hydrogen-bond acceptors (Lipinski definition) is 8. The number of benzene rings is 8. The molecule has 0 spiro atoms. The van der Waals surface area contributed by atoms with Crippen LogP contribution in [0, 0.1) is 0 Å². The van der Waals surface area contributed by atoms with Gasteiger partial charge in [-0.25, -0.2) is 9.97 Å². The highest BCUT2D eigenvalue weighted by atomic mass is 16.3. The average molecular weight is 786 g/mol. The van der Waals surface area contributed by atoms with Crippen LogP contribution in [0.15, 0.2) is 202 Å². The fraction of sp³-hybridized carbons (Fsp3) is 0. The van der Waals surface area contributed by atoms with Crippen LogP contribution in [-0.2, 0) is 0 Å². The number of pyridine rings is 1. The van der Waals surface area contributed by atoms with E-state index in [-0.39, 0.29) is 0 Å². The van der Waals surface area contributed by atoms with Crippen LogP contribution in [0.5, 0.6) is 0 Å².